The number of rotatable bonds is 5. The van der Waals surface area contributed by atoms with Gasteiger partial charge in [0, 0.05) is 17.6 Å². The maximum atomic E-state index is 10.3. The smallest absolute Gasteiger partial charge is 0.122 e. The number of aryl methyl sites for hydroxylation is 1. The van der Waals surface area contributed by atoms with Crippen LogP contribution in [-0.2, 0) is 0 Å². The molecule has 2 rings (SSSR count). The molecule has 1 atom stereocenters. The molecule has 0 fully saturated rings. The first kappa shape index (κ1) is 19.0. The molecule has 1 unspecified atom stereocenters. The van der Waals surface area contributed by atoms with E-state index in [2.05, 4.69) is 44.7 Å². The molecule has 124 valence electrons. The van der Waals surface area contributed by atoms with Gasteiger partial charge in [-0.3, -0.25) is 4.90 Å². The summed E-state index contributed by atoms with van der Waals surface area (Å²) >= 11 is 0. The fourth-order valence-corrected chi connectivity index (χ4v) is 2.97. The van der Waals surface area contributed by atoms with E-state index < -0.39 is 6.10 Å². The second-order valence-corrected chi connectivity index (χ2v) is 6.98. The van der Waals surface area contributed by atoms with Crippen molar-refractivity contribution < 1.29 is 9.84 Å². The number of nitrogens with zero attached hydrogens (tertiary/aromatic N) is 1. The van der Waals surface area contributed by atoms with E-state index in [0.29, 0.717) is 13.2 Å². The Balaban J connectivity index is 0.00000242. The van der Waals surface area contributed by atoms with Crippen molar-refractivity contribution in [1.82, 2.24) is 4.90 Å². The zero-order valence-electron chi connectivity index (χ0n) is 14.2. The van der Waals surface area contributed by atoms with Crippen LogP contribution < -0.4 is 4.74 Å². The summed E-state index contributed by atoms with van der Waals surface area (Å²) in [4.78, 5) is 2.31. The van der Waals surface area contributed by atoms with E-state index >= 15 is 0 Å². The molecule has 0 saturated heterocycles. The molecule has 0 saturated carbocycles. The van der Waals surface area contributed by atoms with Crippen molar-refractivity contribution in [1.29, 1.82) is 0 Å². The highest BCUT2D eigenvalue weighted by Crippen LogP contribution is 2.34. The molecular weight excluding hydrogens is 298 g/mol. The summed E-state index contributed by atoms with van der Waals surface area (Å²) in [7, 11) is 0. The largest absolute Gasteiger partial charge is 0.491 e. The second-order valence-electron chi connectivity index (χ2n) is 6.98. The molecule has 22 heavy (non-hydrogen) atoms. The van der Waals surface area contributed by atoms with Gasteiger partial charge in [0.25, 0.3) is 0 Å². The molecule has 1 aromatic carbocycles. The number of aliphatic hydroxyl groups is 1. The number of benzene rings is 1. The lowest BCUT2D eigenvalue weighted by Crippen LogP contribution is -2.53. The van der Waals surface area contributed by atoms with Gasteiger partial charge in [-0.15, -0.1) is 12.4 Å². The predicted octanol–water partition coefficient (Wildman–Crippen LogP) is 3.59. The third-order valence-electron chi connectivity index (χ3n) is 4.21. The summed E-state index contributed by atoms with van der Waals surface area (Å²) in [5.41, 5.74) is 1.02. The molecule has 1 heterocycles. The molecule has 3 nitrogen and oxygen atoms in total. The Hall–Kier alpha value is -1.03. The van der Waals surface area contributed by atoms with Gasteiger partial charge < -0.3 is 9.84 Å². The van der Waals surface area contributed by atoms with Gasteiger partial charge in [0.05, 0.1) is 0 Å². The standard InChI is InChI=1S/C18H27NO2.ClH/c1-14-8-6-7-9-16(14)21-13-15(20)12-19-17(2,3)10-11-18(19,4)5;/h6-11,15,20H,12-13H2,1-5H3;1H. The Morgan fingerprint density at radius 2 is 1.64 bits per heavy atom. The van der Waals surface area contributed by atoms with Crippen molar-refractivity contribution in [2.45, 2.75) is 51.8 Å². The van der Waals surface area contributed by atoms with Gasteiger partial charge in [-0.05, 0) is 46.2 Å². The van der Waals surface area contributed by atoms with Gasteiger partial charge in [-0.1, -0.05) is 30.4 Å². The van der Waals surface area contributed by atoms with Crippen molar-refractivity contribution in [3.8, 4) is 5.75 Å². The lowest BCUT2D eigenvalue weighted by Gasteiger charge is -2.41. The van der Waals surface area contributed by atoms with Crippen molar-refractivity contribution in [3.05, 3.63) is 42.0 Å². The molecular formula is C18H28ClNO2. The highest BCUT2D eigenvalue weighted by atomic mass is 35.5. The van der Waals surface area contributed by atoms with E-state index in [1.165, 1.54) is 0 Å². The van der Waals surface area contributed by atoms with Crippen LogP contribution in [0, 0.1) is 6.92 Å². The fourth-order valence-electron chi connectivity index (χ4n) is 2.97. The maximum absolute atomic E-state index is 10.3. The van der Waals surface area contributed by atoms with Crippen LogP contribution in [0.15, 0.2) is 36.4 Å². The van der Waals surface area contributed by atoms with Gasteiger partial charge in [-0.25, -0.2) is 0 Å². The molecule has 1 N–H and O–H groups in total. The van der Waals surface area contributed by atoms with E-state index in [-0.39, 0.29) is 23.5 Å². The average Bonchev–Trinajstić information content (AvgIpc) is 2.61. The summed E-state index contributed by atoms with van der Waals surface area (Å²) in [6, 6.07) is 7.89. The van der Waals surface area contributed by atoms with Gasteiger partial charge in [0.15, 0.2) is 0 Å². The minimum atomic E-state index is -0.511. The molecule has 0 amide bonds. The highest BCUT2D eigenvalue weighted by Gasteiger charge is 2.40. The first-order chi connectivity index (χ1) is 9.72. The summed E-state index contributed by atoms with van der Waals surface area (Å²) < 4.78 is 5.75. The van der Waals surface area contributed by atoms with E-state index in [0.717, 1.165) is 11.3 Å². The topological polar surface area (TPSA) is 32.7 Å². The predicted molar refractivity (Wildman–Crippen MR) is 93.9 cm³/mol. The van der Waals surface area contributed by atoms with Crippen molar-refractivity contribution in [3.63, 3.8) is 0 Å². The number of para-hydroxylation sites is 1. The molecule has 1 aromatic rings. The minimum Gasteiger partial charge on any atom is -0.491 e. The summed E-state index contributed by atoms with van der Waals surface area (Å²) in [6.07, 6.45) is 3.91. The van der Waals surface area contributed by atoms with Gasteiger partial charge >= 0.3 is 0 Å². The quantitative estimate of drug-likeness (QED) is 0.840. The van der Waals surface area contributed by atoms with Crippen LogP contribution in [-0.4, -0.2) is 40.3 Å². The summed E-state index contributed by atoms with van der Waals surface area (Å²) in [5.74, 6) is 0.842. The molecule has 0 bridgehead atoms. The molecule has 0 radical (unpaired) electrons. The summed E-state index contributed by atoms with van der Waals surface area (Å²) in [5, 5.41) is 10.3. The van der Waals surface area contributed by atoms with Gasteiger partial charge in [0.2, 0.25) is 0 Å². The molecule has 1 aliphatic heterocycles. The van der Waals surface area contributed by atoms with E-state index in [1.54, 1.807) is 0 Å². The average molecular weight is 326 g/mol. The summed E-state index contributed by atoms with van der Waals surface area (Å²) in [6.45, 7) is 11.6. The maximum Gasteiger partial charge on any atom is 0.122 e. The number of β-amino-alcohol motifs (C(OH)–C–C–N with tert-alkyl or cyclic N) is 1. The van der Waals surface area contributed by atoms with Crippen LogP contribution in [0.2, 0.25) is 0 Å². The van der Waals surface area contributed by atoms with Crippen LogP contribution >= 0.6 is 12.4 Å². The Morgan fingerprint density at radius 3 is 2.18 bits per heavy atom. The number of aliphatic hydroxyl groups excluding tert-OH is 1. The molecule has 0 aromatic heterocycles. The minimum absolute atomic E-state index is 0. The highest BCUT2D eigenvalue weighted by molar-refractivity contribution is 5.85. The molecule has 0 spiro atoms. The monoisotopic (exact) mass is 325 g/mol. The lowest BCUT2D eigenvalue weighted by atomic mass is 10.0. The number of hydrogen-bond acceptors (Lipinski definition) is 3. The zero-order chi connectivity index (χ0) is 15.7. The first-order valence-electron chi connectivity index (χ1n) is 7.57. The Bertz CT molecular complexity index is 508. The van der Waals surface area contributed by atoms with Crippen molar-refractivity contribution in [2.75, 3.05) is 13.2 Å². The van der Waals surface area contributed by atoms with Crippen LogP contribution in [0.25, 0.3) is 0 Å². The van der Waals surface area contributed by atoms with Crippen molar-refractivity contribution >= 4 is 12.4 Å². The molecule has 4 heteroatoms. The van der Waals surface area contributed by atoms with Crippen molar-refractivity contribution in [2.24, 2.45) is 0 Å². The fraction of sp³-hybridized carbons (Fsp3) is 0.556. The van der Waals surface area contributed by atoms with Crippen LogP contribution in [0.4, 0.5) is 0 Å². The lowest BCUT2D eigenvalue weighted by molar-refractivity contribution is 0.0137. The SMILES string of the molecule is Cc1ccccc1OCC(O)CN1C(C)(C)C=CC1(C)C.Cl. The van der Waals surface area contributed by atoms with E-state index in [1.807, 2.05) is 31.2 Å². The van der Waals surface area contributed by atoms with Crippen LogP contribution in [0.1, 0.15) is 33.3 Å². The Labute approximate surface area is 140 Å². The Kier molecular flexibility index (Phi) is 6.08. The van der Waals surface area contributed by atoms with E-state index in [4.69, 9.17) is 4.74 Å². The number of ether oxygens (including phenoxy) is 1. The first-order valence-corrected chi connectivity index (χ1v) is 7.57. The number of halogens is 1. The third kappa shape index (κ3) is 4.25. The van der Waals surface area contributed by atoms with E-state index in [9.17, 15) is 5.11 Å². The normalized spacial score (nSPS) is 20.5. The van der Waals surface area contributed by atoms with Gasteiger partial charge in [0.1, 0.15) is 18.5 Å². The Morgan fingerprint density at radius 1 is 1.09 bits per heavy atom. The third-order valence-corrected chi connectivity index (χ3v) is 4.21. The molecule has 1 aliphatic rings. The zero-order valence-corrected chi connectivity index (χ0v) is 15.0. The van der Waals surface area contributed by atoms with Gasteiger partial charge in [-0.2, -0.15) is 0 Å². The van der Waals surface area contributed by atoms with Crippen LogP contribution in [0.5, 0.6) is 5.75 Å². The molecule has 0 aliphatic carbocycles. The number of hydrogen-bond donors (Lipinski definition) is 1. The van der Waals surface area contributed by atoms with Crippen LogP contribution in [0.3, 0.4) is 0 Å². The second kappa shape index (κ2) is 7.03.